The highest BCUT2D eigenvalue weighted by Gasteiger charge is 2.21. The molecule has 0 aromatic heterocycles. The van der Waals surface area contributed by atoms with E-state index in [4.69, 9.17) is 0 Å². The number of nitrogens with zero attached hydrogens (tertiary/aromatic N) is 4. The second-order valence-electron chi connectivity index (χ2n) is 8.42. The first-order chi connectivity index (χ1) is 16.2. The van der Waals surface area contributed by atoms with Crippen LogP contribution in [0.15, 0.2) is 0 Å². The fraction of sp³-hybridized carbons (Fsp3) is 0.810. The van der Waals surface area contributed by atoms with E-state index in [0.29, 0.717) is 58.9 Å². The molecule has 1 aliphatic heterocycles. The molecule has 0 bridgehead atoms. The van der Waals surface area contributed by atoms with E-state index in [2.05, 4.69) is 17.9 Å². The zero-order chi connectivity index (χ0) is 25.3. The lowest BCUT2D eigenvalue weighted by molar-refractivity contribution is -0.140. The number of aliphatic carboxylic acids is 3. The van der Waals surface area contributed by atoms with Crippen LogP contribution in [0.3, 0.4) is 0 Å². The molecule has 0 radical (unpaired) electrons. The zero-order valence-corrected chi connectivity index (χ0v) is 20.6. The summed E-state index contributed by atoms with van der Waals surface area (Å²) >= 11 is 4.17. The molecule has 4 N–H and O–H groups in total. The van der Waals surface area contributed by atoms with Crippen LogP contribution in [0.2, 0.25) is 0 Å². The van der Waals surface area contributed by atoms with Crippen LogP contribution >= 0.6 is 12.6 Å². The molecule has 196 valence electrons. The average molecular weight is 506 g/mol. The molecule has 34 heavy (non-hydrogen) atoms. The number of carboxylic acid groups (broad SMARTS) is 3. The maximum atomic E-state index is 12.4. The summed E-state index contributed by atoms with van der Waals surface area (Å²) in [4.78, 5) is 53.3. The van der Waals surface area contributed by atoms with Gasteiger partial charge >= 0.3 is 17.9 Å². The van der Waals surface area contributed by atoms with E-state index in [1.54, 1.807) is 14.7 Å². The van der Waals surface area contributed by atoms with Gasteiger partial charge in [-0.3, -0.25) is 38.8 Å². The Hall–Kier alpha value is -1.93. The molecule has 1 heterocycles. The van der Waals surface area contributed by atoms with Crippen LogP contribution in [0.4, 0.5) is 0 Å². The third-order valence-corrected chi connectivity index (χ3v) is 5.85. The van der Waals surface area contributed by atoms with Gasteiger partial charge in [0.2, 0.25) is 5.91 Å². The molecule has 0 saturated carbocycles. The van der Waals surface area contributed by atoms with Crippen molar-refractivity contribution in [1.82, 2.24) is 24.9 Å². The molecule has 0 atom stereocenters. The Bertz CT molecular complexity index is 623. The van der Waals surface area contributed by atoms with E-state index in [9.17, 15) is 34.5 Å². The third kappa shape index (κ3) is 15.1. The number of nitrogens with one attached hydrogen (secondary N) is 1. The van der Waals surface area contributed by atoms with Crippen molar-refractivity contribution in [1.29, 1.82) is 0 Å². The monoisotopic (exact) mass is 505 g/mol. The molecule has 1 saturated heterocycles. The van der Waals surface area contributed by atoms with Crippen LogP contribution in [0, 0.1) is 0 Å². The lowest BCUT2D eigenvalue weighted by Gasteiger charge is -2.32. The maximum Gasteiger partial charge on any atom is 0.317 e. The number of hydrogen-bond acceptors (Lipinski definition) is 9. The van der Waals surface area contributed by atoms with E-state index in [0.717, 1.165) is 25.0 Å². The molecule has 1 rings (SSSR count). The average Bonchev–Trinajstić information content (AvgIpc) is 2.74. The molecule has 13 heteroatoms. The van der Waals surface area contributed by atoms with Gasteiger partial charge in [-0.2, -0.15) is 12.6 Å². The van der Waals surface area contributed by atoms with Crippen molar-refractivity contribution in [2.24, 2.45) is 0 Å². The predicted octanol–water partition coefficient (Wildman–Crippen LogP) is -1.32. The quantitative estimate of drug-likeness (QED) is 0.150. The van der Waals surface area contributed by atoms with Crippen molar-refractivity contribution in [3.63, 3.8) is 0 Å². The first-order valence-corrected chi connectivity index (χ1v) is 12.2. The number of carbonyl (C=O) groups is 4. The third-order valence-electron chi connectivity index (χ3n) is 5.53. The number of unbranched alkanes of at least 4 members (excludes halogenated alkanes) is 2. The fourth-order valence-electron chi connectivity index (χ4n) is 3.69. The van der Waals surface area contributed by atoms with Gasteiger partial charge in [0.15, 0.2) is 0 Å². The number of amides is 1. The van der Waals surface area contributed by atoms with E-state index in [1.807, 2.05) is 4.90 Å². The van der Waals surface area contributed by atoms with Crippen molar-refractivity contribution in [2.45, 2.75) is 19.3 Å². The predicted molar refractivity (Wildman–Crippen MR) is 129 cm³/mol. The van der Waals surface area contributed by atoms with Crippen LogP contribution in [-0.4, -0.2) is 150 Å². The minimum Gasteiger partial charge on any atom is -0.480 e. The fourth-order valence-corrected chi connectivity index (χ4v) is 3.91. The largest absolute Gasteiger partial charge is 0.480 e. The number of rotatable bonds is 13. The Morgan fingerprint density at radius 1 is 0.588 bits per heavy atom. The Morgan fingerprint density at radius 2 is 0.941 bits per heavy atom. The standard InChI is InChI=1S/C21H39N5O7S/c27-18(22-4-2-1-3-13-34)14-23-5-7-24(15-19(28)29)9-11-26(17-21(32)33)12-10-25(8-6-23)16-20(30)31/h34H,1-17H2,(H,22,27)(H,28,29)(H,30,31)(H,32,33). The topological polar surface area (TPSA) is 154 Å². The number of thiol groups is 1. The van der Waals surface area contributed by atoms with Crippen LogP contribution in [-0.2, 0) is 19.2 Å². The van der Waals surface area contributed by atoms with Crippen molar-refractivity contribution in [2.75, 3.05) is 90.8 Å². The molecule has 1 fully saturated rings. The summed E-state index contributed by atoms with van der Waals surface area (Å²) in [5, 5.41) is 30.6. The molecule has 0 aliphatic carbocycles. The van der Waals surface area contributed by atoms with Crippen LogP contribution < -0.4 is 5.32 Å². The van der Waals surface area contributed by atoms with Gasteiger partial charge < -0.3 is 20.6 Å². The summed E-state index contributed by atoms with van der Waals surface area (Å²) < 4.78 is 0. The minimum atomic E-state index is -0.996. The van der Waals surface area contributed by atoms with E-state index < -0.39 is 17.9 Å². The molecule has 12 nitrogen and oxygen atoms in total. The van der Waals surface area contributed by atoms with Crippen LogP contribution in [0.25, 0.3) is 0 Å². The van der Waals surface area contributed by atoms with Gasteiger partial charge in [-0.15, -0.1) is 0 Å². The summed E-state index contributed by atoms with van der Waals surface area (Å²) in [6.45, 7) is 3.17. The summed E-state index contributed by atoms with van der Waals surface area (Å²) in [6, 6.07) is 0. The Labute approximate surface area is 206 Å². The Balaban J connectivity index is 2.82. The molecule has 1 aliphatic rings. The molecule has 0 spiro atoms. The first-order valence-electron chi connectivity index (χ1n) is 11.6. The highest BCUT2D eigenvalue weighted by molar-refractivity contribution is 7.80. The number of carboxylic acids is 3. The maximum absolute atomic E-state index is 12.4. The van der Waals surface area contributed by atoms with Gasteiger partial charge in [-0.1, -0.05) is 6.42 Å². The van der Waals surface area contributed by atoms with Gasteiger partial charge in [0, 0.05) is 58.9 Å². The van der Waals surface area contributed by atoms with Crippen molar-refractivity contribution >= 4 is 36.4 Å². The van der Waals surface area contributed by atoms with E-state index in [1.165, 1.54) is 0 Å². The van der Waals surface area contributed by atoms with E-state index >= 15 is 0 Å². The SMILES string of the molecule is O=C(O)CN1CCN(CC(=O)O)CCN(CC(=O)NCCCCCS)CCN(CC(=O)O)CC1. The van der Waals surface area contributed by atoms with Crippen molar-refractivity contribution in [3.8, 4) is 0 Å². The second-order valence-corrected chi connectivity index (χ2v) is 8.87. The van der Waals surface area contributed by atoms with Crippen LogP contribution in [0.5, 0.6) is 0 Å². The Morgan fingerprint density at radius 3 is 1.26 bits per heavy atom. The van der Waals surface area contributed by atoms with E-state index in [-0.39, 0.29) is 32.1 Å². The number of hydrogen-bond donors (Lipinski definition) is 5. The second kappa shape index (κ2) is 17.5. The molecule has 0 aromatic rings. The van der Waals surface area contributed by atoms with Crippen molar-refractivity contribution < 1.29 is 34.5 Å². The van der Waals surface area contributed by atoms with Crippen LogP contribution in [0.1, 0.15) is 19.3 Å². The lowest BCUT2D eigenvalue weighted by Crippen LogP contribution is -2.49. The minimum absolute atomic E-state index is 0.125. The van der Waals surface area contributed by atoms with Gasteiger partial charge in [-0.25, -0.2) is 0 Å². The molecular weight excluding hydrogens is 466 g/mol. The highest BCUT2D eigenvalue weighted by Crippen LogP contribution is 2.02. The van der Waals surface area contributed by atoms with Gasteiger partial charge in [0.25, 0.3) is 0 Å². The summed E-state index contributed by atoms with van der Waals surface area (Å²) in [5.41, 5.74) is 0. The summed E-state index contributed by atoms with van der Waals surface area (Å²) in [6.07, 6.45) is 2.85. The summed E-state index contributed by atoms with van der Waals surface area (Å²) in [7, 11) is 0. The molecule has 1 amide bonds. The van der Waals surface area contributed by atoms with Gasteiger partial charge in [-0.05, 0) is 18.6 Å². The smallest absolute Gasteiger partial charge is 0.317 e. The van der Waals surface area contributed by atoms with Gasteiger partial charge in [0.1, 0.15) is 0 Å². The zero-order valence-electron chi connectivity index (χ0n) is 19.7. The van der Waals surface area contributed by atoms with Gasteiger partial charge in [0.05, 0.1) is 26.2 Å². The summed E-state index contributed by atoms with van der Waals surface area (Å²) in [5.74, 6) is -2.26. The Kier molecular flexibility index (Phi) is 15.5. The lowest BCUT2D eigenvalue weighted by atomic mass is 10.2. The molecule has 0 unspecified atom stereocenters. The highest BCUT2D eigenvalue weighted by atomic mass is 32.1. The molecular formula is C21H39N5O7S. The number of carbonyl (C=O) groups excluding carboxylic acids is 1. The molecule has 0 aromatic carbocycles. The first kappa shape index (κ1) is 30.1. The normalized spacial score (nSPS) is 18.0. The van der Waals surface area contributed by atoms with Crippen molar-refractivity contribution in [3.05, 3.63) is 0 Å².